The van der Waals surface area contributed by atoms with E-state index in [2.05, 4.69) is 37.8 Å². The molecular weight excluding hydrogens is 334 g/mol. The van der Waals surface area contributed by atoms with Crippen molar-refractivity contribution in [3.8, 4) is 0 Å². The standard InChI is InChI=1S/C10H26IN4P/c11-16-15-10-4-9-14-7-2-1-6-13-8-3-5-12/h13-16H,1-10,12H2. The quantitative estimate of drug-likeness (QED) is 0.227. The van der Waals surface area contributed by atoms with E-state index in [0.29, 0.717) is 0 Å². The second-order valence-electron chi connectivity index (χ2n) is 3.72. The molecule has 0 aromatic carbocycles. The van der Waals surface area contributed by atoms with Crippen LogP contribution in [0.15, 0.2) is 0 Å². The zero-order chi connectivity index (χ0) is 11.9. The first kappa shape index (κ1) is 17.0. The van der Waals surface area contributed by atoms with Crippen LogP contribution in [0.5, 0.6) is 0 Å². The average Bonchev–Trinajstić information content (AvgIpc) is 2.31. The van der Waals surface area contributed by atoms with E-state index < -0.39 is 0 Å². The van der Waals surface area contributed by atoms with Crippen molar-refractivity contribution in [2.45, 2.75) is 25.7 Å². The molecule has 0 saturated heterocycles. The molecule has 0 rings (SSSR count). The van der Waals surface area contributed by atoms with E-state index >= 15 is 0 Å². The topological polar surface area (TPSA) is 62.1 Å². The summed E-state index contributed by atoms with van der Waals surface area (Å²) in [6.07, 6.45) is 5.67. The van der Waals surface area contributed by atoms with Crippen molar-refractivity contribution in [3.05, 3.63) is 0 Å². The first-order valence-electron chi connectivity index (χ1n) is 6.11. The molecular formula is C10H26IN4P. The summed E-state index contributed by atoms with van der Waals surface area (Å²) in [7, 11) is 0. The number of nitrogens with two attached hydrogens (primary N) is 1. The number of halogens is 1. The average molecular weight is 360 g/mol. The van der Waals surface area contributed by atoms with Crippen molar-refractivity contribution >= 4 is 28.4 Å². The van der Waals surface area contributed by atoms with Gasteiger partial charge in [0, 0.05) is 12.9 Å². The molecule has 0 radical (unpaired) electrons. The zero-order valence-corrected chi connectivity index (χ0v) is 13.2. The van der Waals surface area contributed by atoms with Crippen LogP contribution >= 0.6 is 28.4 Å². The summed E-state index contributed by atoms with van der Waals surface area (Å²) < 4.78 is 0. The molecule has 0 spiro atoms. The van der Waals surface area contributed by atoms with Crippen molar-refractivity contribution in [2.75, 3.05) is 39.3 Å². The van der Waals surface area contributed by atoms with E-state index in [1.165, 1.54) is 19.3 Å². The van der Waals surface area contributed by atoms with Crippen LogP contribution in [-0.2, 0) is 0 Å². The van der Waals surface area contributed by atoms with Gasteiger partial charge in [-0.25, -0.2) is 0 Å². The molecule has 0 fully saturated rings. The molecule has 0 bridgehead atoms. The van der Waals surface area contributed by atoms with Crippen LogP contribution in [0.2, 0.25) is 0 Å². The van der Waals surface area contributed by atoms with Crippen molar-refractivity contribution < 1.29 is 0 Å². The van der Waals surface area contributed by atoms with Crippen LogP contribution in [0.3, 0.4) is 0 Å². The molecule has 0 saturated carbocycles. The maximum Gasteiger partial charge on any atom is 0.0133 e. The second-order valence-corrected chi connectivity index (χ2v) is 5.88. The molecule has 5 N–H and O–H groups in total. The van der Waals surface area contributed by atoms with E-state index in [1.54, 1.807) is 0 Å². The molecule has 0 aliphatic rings. The van der Waals surface area contributed by atoms with Crippen LogP contribution in [0.1, 0.15) is 25.7 Å². The SMILES string of the molecule is NCCCNCCCCNCCCNPI. The monoisotopic (exact) mass is 360 g/mol. The number of hydrogen-bond acceptors (Lipinski definition) is 4. The second kappa shape index (κ2) is 16.0. The fraction of sp³-hybridized carbons (Fsp3) is 1.00. The normalized spacial score (nSPS) is 11.6. The van der Waals surface area contributed by atoms with E-state index in [9.17, 15) is 0 Å². The van der Waals surface area contributed by atoms with Crippen molar-refractivity contribution in [3.63, 3.8) is 0 Å². The molecule has 1 atom stereocenters. The van der Waals surface area contributed by atoms with Crippen molar-refractivity contribution in [1.29, 1.82) is 0 Å². The van der Waals surface area contributed by atoms with Crippen LogP contribution < -0.4 is 21.5 Å². The molecule has 1 unspecified atom stereocenters. The van der Waals surface area contributed by atoms with Gasteiger partial charge in [0.2, 0.25) is 0 Å². The molecule has 0 aromatic rings. The first-order valence-corrected chi connectivity index (χ1v) is 10.2. The minimum absolute atomic E-state index is 0.792. The molecule has 0 aromatic heterocycles. The molecule has 16 heavy (non-hydrogen) atoms. The Morgan fingerprint density at radius 2 is 1.38 bits per heavy atom. The highest BCUT2D eigenvalue weighted by atomic mass is 127. The summed E-state index contributed by atoms with van der Waals surface area (Å²) in [5.41, 5.74) is 5.40. The first-order chi connectivity index (χ1) is 7.91. The molecule has 6 heteroatoms. The lowest BCUT2D eigenvalue weighted by Gasteiger charge is -2.05. The van der Waals surface area contributed by atoms with Gasteiger partial charge in [0.15, 0.2) is 0 Å². The highest BCUT2D eigenvalue weighted by Crippen LogP contribution is 2.12. The number of hydrogen-bond donors (Lipinski definition) is 4. The Hall–Kier alpha value is 1.00. The van der Waals surface area contributed by atoms with Gasteiger partial charge in [0.05, 0.1) is 0 Å². The van der Waals surface area contributed by atoms with Gasteiger partial charge >= 0.3 is 0 Å². The van der Waals surface area contributed by atoms with Gasteiger partial charge in [-0.3, -0.25) is 5.09 Å². The Morgan fingerprint density at radius 1 is 0.812 bits per heavy atom. The highest BCUT2D eigenvalue weighted by Gasteiger charge is 1.90. The van der Waals surface area contributed by atoms with Gasteiger partial charge < -0.3 is 16.4 Å². The highest BCUT2D eigenvalue weighted by molar-refractivity contribution is 14.2. The predicted octanol–water partition coefficient (Wildman–Crippen LogP) is 1.22. The fourth-order valence-corrected chi connectivity index (χ4v) is 2.41. The van der Waals surface area contributed by atoms with Crippen LogP contribution in [0, 0.1) is 0 Å². The third-order valence-corrected chi connectivity index (χ3v) is 3.76. The van der Waals surface area contributed by atoms with Crippen molar-refractivity contribution in [1.82, 2.24) is 15.7 Å². The van der Waals surface area contributed by atoms with E-state index in [1.807, 2.05) is 0 Å². The number of unbranched alkanes of at least 4 members (excludes halogenated alkanes) is 1. The maximum absolute atomic E-state index is 5.40. The molecule has 0 aliphatic carbocycles. The summed E-state index contributed by atoms with van der Waals surface area (Å²) >= 11 is 2.36. The summed E-state index contributed by atoms with van der Waals surface area (Å²) in [4.78, 5) is 0. The molecule has 0 heterocycles. The largest absolute Gasteiger partial charge is 0.330 e. The van der Waals surface area contributed by atoms with Crippen LogP contribution in [-0.4, -0.2) is 39.3 Å². The molecule has 4 nitrogen and oxygen atoms in total. The predicted molar refractivity (Wildman–Crippen MR) is 83.6 cm³/mol. The lowest BCUT2D eigenvalue weighted by molar-refractivity contribution is 0.568. The Balaban J connectivity index is 2.83. The van der Waals surface area contributed by atoms with Gasteiger partial charge in [-0.05, 0) is 80.4 Å². The van der Waals surface area contributed by atoms with Gasteiger partial charge in [-0.2, -0.15) is 0 Å². The van der Waals surface area contributed by atoms with Gasteiger partial charge in [-0.1, -0.05) is 0 Å². The van der Waals surface area contributed by atoms with Gasteiger partial charge in [0.1, 0.15) is 0 Å². The summed E-state index contributed by atoms with van der Waals surface area (Å²) in [5.74, 6) is 0. The lowest BCUT2D eigenvalue weighted by atomic mass is 10.3. The summed E-state index contributed by atoms with van der Waals surface area (Å²) in [5, 5.41) is 10.2. The number of nitrogens with one attached hydrogen (secondary N) is 3. The third-order valence-electron chi connectivity index (χ3n) is 2.24. The molecule has 0 amide bonds. The number of rotatable bonds is 13. The van der Waals surface area contributed by atoms with Crippen molar-refractivity contribution in [2.24, 2.45) is 5.73 Å². The molecule has 98 valence electrons. The fourth-order valence-electron chi connectivity index (χ4n) is 1.33. The van der Waals surface area contributed by atoms with Crippen LogP contribution in [0.25, 0.3) is 0 Å². The molecule has 0 aliphatic heterocycles. The van der Waals surface area contributed by atoms with E-state index in [0.717, 1.165) is 52.1 Å². The van der Waals surface area contributed by atoms with Crippen LogP contribution in [0.4, 0.5) is 0 Å². The minimum Gasteiger partial charge on any atom is -0.330 e. The lowest BCUT2D eigenvalue weighted by Crippen LogP contribution is -2.22. The Labute approximate surface area is 115 Å². The van der Waals surface area contributed by atoms with Gasteiger partial charge in [0.25, 0.3) is 0 Å². The van der Waals surface area contributed by atoms with E-state index in [4.69, 9.17) is 5.73 Å². The zero-order valence-electron chi connectivity index (χ0n) is 10.0. The van der Waals surface area contributed by atoms with E-state index in [-0.39, 0.29) is 0 Å². The Bertz CT molecular complexity index is 115. The third kappa shape index (κ3) is 15.0. The Morgan fingerprint density at radius 3 is 1.94 bits per heavy atom. The minimum atomic E-state index is 0.792. The maximum atomic E-state index is 5.40. The summed E-state index contributed by atoms with van der Waals surface area (Å²) in [6.45, 7) is 6.39. The summed E-state index contributed by atoms with van der Waals surface area (Å²) in [6, 6.07) is 0. The smallest absolute Gasteiger partial charge is 0.0133 e. The Kier molecular flexibility index (Phi) is 17.0. The van der Waals surface area contributed by atoms with Gasteiger partial charge in [-0.15, -0.1) is 0 Å².